The van der Waals surface area contributed by atoms with Crippen LogP contribution in [0.3, 0.4) is 0 Å². The van der Waals surface area contributed by atoms with Crippen LogP contribution >= 0.6 is 0 Å². The van der Waals surface area contributed by atoms with Crippen LogP contribution < -0.4 is 43.4 Å². The summed E-state index contributed by atoms with van der Waals surface area (Å²) in [5, 5.41) is 18.1. The molecule has 20 nitrogen and oxygen atoms in total. The minimum absolute atomic E-state index is 0.0188. The topological polar surface area (TPSA) is 301 Å². The highest BCUT2D eigenvalue weighted by Crippen LogP contribution is 2.28. The second-order valence-corrected chi connectivity index (χ2v) is 18.5. The van der Waals surface area contributed by atoms with Gasteiger partial charge in [-0.3, -0.25) is 43.3 Å². The summed E-state index contributed by atoms with van der Waals surface area (Å²) in [7, 11) is 1.21. The number of esters is 1. The Kier molecular flexibility index (Phi) is 19.5. The van der Waals surface area contributed by atoms with Crippen molar-refractivity contribution in [2.24, 2.45) is 22.4 Å². The Labute approximate surface area is 408 Å². The van der Waals surface area contributed by atoms with E-state index in [4.69, 9.17) is 11.5 Å². The molecule has 6 rings (SSSR count). The number of guanidine groups is 1. The van der Waals surface area contributed by atoms with E-state index in [-0.39, 0.29) is 76.5 Å². The second-order valence-electron chi connectivity index (χ2n) is 18.5. The summed E-state index contributed by atoms with van der Waals surface area (Å²) in [6.45, 7) is 0.405. The normalized spacial score (nSPS) is 22.5. The molecule has 70 heavy (non-hydrogen) atoms. The first-order valence-electron chi connectivity index (χ1n) is 24.6. The van der Waals surface area contributed by atoms with Gasteiger partial charge < -0.3 is 58.0 Å². The Morgan fingerprint density at radius 2 is 1.51 bits per heavy atom. The molecule has 378 valence electrons. The molecule has 0 radical (unpaired) electrons. The van der Waals surface area contributed by atoms with Gasteiger partial charge in [-0.2, -0.15) is 0 Å². The van der Waals surface area contributed by atoms with E-state index in [9.17, 15) is 38.4 Å². The standard InChI is InChI=1S/C50H69N11O9/c1-70-43(63)23-22-42(62)56-38(27-31-13-4-2-5-14-31)45(65)58-37-20-11-24-53-44(64)36(19-10-25-54-50(51)52)57-47(67)40(29-33-30-55-35-18-9-8-17-34(33)35)59-46(66)39(28-32-15-6-3-7-16-32)60-48(68)41-21-12-26-61(41)49(37)69/h2,4-5,8-9,13-14,17-18,30,32,36-41,55H,3,6-7,10-12,15-16,19-29H2,1H3,(H,53,64)(H,56,62)(H,57,67)(H,58,65)(H,59,66)(H,60,68)(H4,51,52,54)/t36?,37?,38-,39+,40?,41?/m0/s1. The van der Waals surface area contributed by atoms with Gasteiger partial charge in [0.15, 0.2) is 5.96 Å². The van der Waals surface area contributed by atoms with Crippen LogP contribution in [0.4, 0.5) is 0 Å². The average molecular weight is 968 g/mol. The van der Waals surface area contributed by atoms with Crippen molar-refractivity contribution in [3.8, 4) is 0 Å². The summed E-state index contributed by atoms with van der Waals surface area (Å²) in [4.78, 5) is 120. The number of nitrogens with one attached hydrogen (secondary N) is 7. The number of hydrogen-bond acceptors (Lipinski definition) is 10. The van der Waals surface area contributed by atoms with Crippen LogP contribution in [0.2, 0.25) is 0 Å². The van der Waals surface area contributed by atoms with Crippen molar-refractivity contribution in [1.29, 1.82) is 0 Å². The fraction of sp³-hybridized carbons (Fsp3) is 0.540. The Hall–Kier alpha value is -6.99. The number of rotatable bonds is 16. The number of benzene rings is 2. The molecule has 2 aliphatic heterocycles. The predicted octanol–water partition coefficient (Wildman–Crippen LogP) is 1.26. The van der Waals surface area contributed by atoms with Gasteiger partial charge in [-0.1, -0.05) is 80.6 Å². The average Bonchev–Trinajstić information content (AvgIpc) is 4.02. The zero-order valence-corrected chi connectivity index (χ0v) is 40.0. The number of hydrogen-bond donors (Lipinski definition) is 9. The van der Waals surface area contributed by atoms with Crippen LogP contribution in [-0.2, 0) is 55.9 Å². The molecule has 3 heterocycles. The lowest BCUT2D eigenvalue weighted by molar-refractivity contribution is -0.143. The van der Waals surface area contributed by atoms with E-state index in [1.807, 2.05) is 30.3 Å². The number of ether oxygens (including phenoxy) is 1. The summed E-state index contributed by atoms with van der Waals surface area (Å²) in [6, 6.07) is 9.89. The molecule has 7 amide bonds. The summed E-state index contributed by atoms with van der Waals surface area (Å²) in [5.41, 5.74) is 13.5. The molecule has 20 heteroatoms. The highest BCUT2D eigenvalue weighted by molar-refractivity contribution is 5.98. The molecule has 11 N–H and O–H groups in total. The zero-order chi connectivity index (χ0) is 50.0. The lowest BCUT2D eigenvalue weighted by Gasteiger charge is -2.32. The highest BCUT2D eigenvalue weighted by Gasteiger charge is 2.41. The Balaban J connectivity index is 1.31. The van der Waals surface area contributed by atoms with E-state index in [0.717, 1.165) is 54.1 Å². The first-order valence-corrected chi connectivity index (χ1v) is 24.6. The number of fused-ring (bicyclic) bond motifs is 2. The van der Waals surface area contributed by atoms with E-state index >= 15 is 0 Å². The molecular formula is C50H69N11O9. The van der Waals surface area contributed by atoms with Crippen LogP contribution in [0.15, 0.2) is 65.8 Å². The number of amides is 7. The van der Waals surface area contributed by atoms with Gasteiger partial charge in [0.2, 0.25) is 41.4 Å². The third-order valence-electron chi connectivity index (χ3n) is 13.4. The number of carbonyl (C=O) groups excluding carboxylic acids is 8. The van der Waals surface area contributed by atoms with Gasteiger partial charge in [0.1, 0.15) is 36.3 Å². The summed E-state index contributed by atoms with van der Waals surface area (Å²) < 4.78 is 4.68. The fourth-order valence-electron chi connectivity index (χ4n) is 9.62. The first kappa shape index (κ1) is 52.4. The number of methoxy groups -OCH3 is 1. The van der Waals surface area contributed by atoms with E-state index in [2.05, 4.69) is 46.6 Å². The smallest absolute Gasteiger partial charge is 0.306 e. The molecule has 1 aliphatic carbocycles. The lowest BCUT2D eigenvalue weighted by Crippen LogP contribution is -2.60. The van der Waals surface area contributed by atoms with Crippen molar-refractivity contribution in [3.63, 3.8) is 0 Å². The van der Waals surface area contributed by atoms with Crippen LogP contribution in [0.1, 0.15) is 101 Å². The quantitative estimate of drug-likeness (QED) is 0.0426. The number of nitrogens with two attached hydrogens (primary N) is 2. The number of H-pyrrole nitrogens is 1. The minimum Gasteiger partial charge on any atom is -0.469 e. The van der Waals surface area contributed by atoms with Gasteiger partial charge >= 0.3 is 5.97 Å². The third kappa shape index (κ3) is 15.3. The highest BCUT2D eigenvalue weighted by atomic mass is 16.5. The van der Waals surface area contributed by atoms with Crippen LogP contribution in [0.5, 0.6) is 0 Å². The second kappa shape index (κ2) is 26.1. The van der Waals surface area contributed by atoms with Crippen molar-refractivity contribution >= 4 is 64.2 Å². The van der Waals surface area contributed by atoms with Crippen molar-refractivity contribution in [1.82, 2.24) is 41.8 Å². The van der Waals surface area contributed by atoms with Crippen LogP contribution in [0, 0.1) is 5.92 Å². The molecule has 6 atom stereocenters. The van der Waals surface area contributed by atoms with Gasteiger partial charge in [0.25, 0.3) is 0 Å². The van der Waals surface area contributed by atoms with Gasteiger partial charge in [-0.05, 0) is 68.1 Å². The molecule has 3 aliphatic rings. The van der Waals surface area contributed by atoms with Crippen molar-refractivity contribution in [2.75, 3.05) is 26.7 Å². The van der Waals surface area contributed by atoms with E-state index in [0.29, 0.717) is 25.7 Å². The number of aromatic amines is 1. The molecule has 0 bridgehead atoms. The Bertz CT molecular complexity index is 2330. The summed E-state index contributed by atoms with van der Waals surface area (Å²) in [6.07, 6.45) is 7.94. The first-order chi connectivity index (χ1) is 33.8. The van der Waals surface area contributed by atoms with Crippen molar-refractivity contribution in [2.45, 2.75) is 139 Å². The minimum atomic E-state index is -1.20. The summed E-state index contributed by atoms with van der Waals surface area (Å²) in [5.74, 6) is -4.62. The molecule has 2 aromatic carbocycles. The third-order valence-corrected chi connectivity index (χ3v) is 13.4. The molecule has 1 saturated carbocycles. The van der Waals surface area contributed by atoms with Crippen LogP contribution in [-0.4, -0.2) is 126 Å². The number of para-hydroxylation sites is 1. The number of aliphatic imine (C=N–C) groups is 1. The lowest BCUT2D eigenvalue weighted by atomic mass is 9.84. The molecular weight excluding hydrogens is 899 g/mol. The molecule has 1 aromatic heterocycles. The van der Waals surface area contributed by atoms with Gasteiger partial charge in [0, 0.05) is 56.0 Å². The zero-order valence-electron chi connectivity index (χ0n) is 40.0. The SMILES string of the molecule is COC(=O)CCC(=O)N[C@@H](Cc1ccccc1)C(=O)NC1CCCNC(=O)C(CCCN=C(N)N)NC(=O)C(Cc2c[nH]c3ccccc23)NC(=O)[C@@H](CC2CCCCC2)NC(=O)C2CCCN2C1=O. The maximum Gasteiger partial charge on any atom is 0.306 e. The fourth-order valence-corrected chi connectivity index (χ4v) is 9.62. The number of aromatic nitrogens is 1. The molecule has 3 fully saturated rings. The van der Waals surface area contributed by atoms with E-state index < -0.39 is 83.6 Å². The number of carbonyl (C=O) groups is 8. The van der Waals surface area contributed by atoms with E-state index in [1.54, 1.807) is 30.5 Å². The van der Waals surface area contributed by atoms with Gasteiger partial charge in [-0.15, -0.1) is 0 Å². The maximum atomic E-state index is 14.8. The van der Waals surface area contributed by atoms with Crippen LogP contribution in [0.25, 0.3) is 10.9 Å². The molecule has 2 saturated heterocycles. The Morgan fingerprint density at radius 1 is 0.800 bits per heavy atom. The van der Waals surface area contributed by atoms with E-state index in [1.165, 1.54) is 12.0 Å². The van der Waals surface area contributed by atoms with Crippen molar-refractivity contribution < 1.29 is 43.1 Å². The monoisotopic (exact) mass is 968 g/mol. The molecule has 0 spiro atoms. The van der Waals surface area contributed by atoms with Gasteiger partial charge in [0.05, 0.1) is 13.5 Å². The number of nitrogens with zero attached hydrogens (tertiary/aromatic N) is 2. The largest absolute Gasteiger partial charge is 0.469 e. The molecule has 4 unspecified atom stereocenters. The summed E-state index contributed by atoms with van der Waals surface area (Å²) >= 11 is 0. The van der Waals surface area contributed by atoms with Gasteiger partial charge in [-0.25, -0.2) is 0 Å². The predicted molar refractivity (Wildman–Crippen MR) is 261 cm³/mol. The Morgan fingerprint density at radius 3 is 2.27 bits per heavy atom. The van der Waals surface area contributed by atoms with Crippen molar-refractivity contribution in [3.05, 3.63) is 71.9 Å². The maximum absolute atomic E-state index is 14.8. The molecule has 3 aromatic rings.